The Morgan fingerprint density at radius 2 is 2.18 bits per heavy atom. The van der Waals surface area contributed by atoms with Crippen LogP contribution in [0.3, 0.4) is 0 Å². The highest BCUT2D eigenvalue weighted by Gasteiger charge is 2.39. The van der Waals surface area contributed by atoms with Crippen molar-refractivity contribution < 1.29 is 24.5 Å². The van der Waals surface area contributed by atoms with Gasteiger partial charge in [0.1, 0.15) is 6.04 Å². The number of aliphatic carboxylic acids is 1. The number of amides is 2. The zero-order valence-corrected chi connectivity index (χ0v) is 9.33. The van der Waals surface area contributed by atoms with E-state index < -0.39 is 24.1 Å². The van der Waals surface area contributed by atoms with Gasteiger partial charge in [0, 0.05) is 19.6 Å². The van der Waals surface area contributed by atoms with Crippen LogP contribution in [0.4, 0.5) is 4.79 Å². The number of carbonyl (C=O) groups is 2. The first-order valence-electron chi connectivity index (χ1n) is 5.63. The lowest BCUT2D eigenvalue weighted by Crippen LogP contribution is -2.49. The molecule has 0 radical (unpaired) electrons. The highest BCUT2D eigenvalue weighted by molar-refractivity contribution is 5.83. The number of aliphatic hydroxyl groups excluding tert-OH is 1. The van der Waals surface area contributed by atoms with E-state index >= 15 is 0 Å². The van der Waals surface area contributed by atoms with E-state index in [1.165, 1.54) is 4.90 Å². The monoisotopic (exact) mass is 244 g/mol. The molecule has 0 aromatic heterocycles. The van der Waals surface area contributed by atoms with E-state index in [4.69, 9.17) is 9.84 Å². The SMILES string of the molecule is O=C(O)[C@@H]1CC(O)CN1C(=O)NC1CCOC1. The number of ether oxygens (including phenoxy) is 1. The van der Waals surface area contributed by atoms with Crippen LogP contribution in [0.25, 0.3) is 0 Å². The molecular formula is C10H16N2O5. The molecule has 3 atom stereocenters. The largest absolute Gasteiger partial charge is 0.480 e. The quantitative estimate of drug-likeness (QED) is 0.579. The van der Waals surface area contributed by atoms with Crippen LogP contribution in [0.15, 0.2) is 0 Å². The van der Waals surface area contributed by atoms with Crippen molar-refractivity contribution in [1.82, 2.24) is 10.2 Å². The van der Waals surface area contributed by atoms with Crippen LogP contribution < -0.4 is 5.32 Å². The summed E-state index contributed by atoms with van der Waals surface area (Å²) in [6, 6.07) is -1.44. The molecular weight excluding hydrogens is 228 g/mol. The van der Waals surface area contributed by atoms with Gasteiger partial charge in [0.25, 0.3) is 0 Å². The van der Waals surface area contributed by atoms with Crippen molar-refractivity contribution >= 4 is 12.0 Å². The highest BCUT2D eigenvalue weighted by Crippen LogP contribution is 2.18. The van der Waals surface area contributed by atoms with Gasteiger partial charge >= 0.3 is 12.0 Å². The Labute approximate surface area is 98.3 Å². The van der Waals surface area contributed by atoms with Gasteiger partial charge < -0.3 is 25.2 Å². The van der Waals surface area contributed by atoms with E-state index in [9.17, 15) is 14.7 Å². The number of carboxylic acids is 1. The molecule has 2 heterocycles. The van der Waals surface area contributed by atoms with Crippen LogP contribution in [0.5, 0.6) is 0 Å². The molecule has 2 rings (SSSR count). The lowest BCUT2D eigenvalue weighted by atomic mass is 10.2. The van der Waals surface area contributed by atoms with Crippen molar-refractivity contribution in [2.75, 3.05) is 19.8 Å². The number of β-amino-alcohol motifs (C(OH)–C–C–N with tert-alkyl or cyclic N) is 1. The minimum atomic E-state index is -1.08. The molecule has 3 N–H and O–H groups in total. The molecule has 2 aliphatic heterocycles. The topological polar surface area (TPSA) is 99.1 Å². The number of urea groups is 1. The number of nitrogens with zero attached hydrogens (tertiary/aromatic N) is 1. The maximum absolute atomic E-state index is 11.8. The molecule has 0 aromatic rings. The van der Waals surface area contributed by atoms with E-state index in [0.29, 0.717) is 13.2 Å². The summed E-state index contributed by atoms with van der Waals surface area (Å²) in [5.74, 6) is -1.08. The van der Waals surface area contributed by atoms with Crippen molar-refractivity contribution in [1.29, 1.82) is 0 Å². The molecule has 17 heavy (non-hydrogen) atoms. The third kappa shape index (κ3) is 2.67. The second-order valence-corrected chi connectivity index (χ2v) is 4.41. The molecule has 2 amide bonds. The number of likely N-dealkylation sites (tertiary alicyclic amines) is 1. The van der Waals surface area contributed by atoms with Gasteiger partial charge in [-0.05, 0) is 6.42 Å². The Kier molecular flexibility index (Phi) is 3.49. The molecule has 2 fully saturated rings. The number of nitrogens with one attached hydrogen (secondary N) is 1. The predicted octanol–water partition coefficient (Wildman–Crippen LogP) is -0.995. The molecule has 0 spiro atoms. The minimum Gasteiger partial charge on any atom is -0.480 e. The van der Waals surface area contributed by atoms with Crippen LogP contribution in [-0.2, 0) is 9.53 Å². The van der Waals surface area contributed by atoms with Crippen LogP contribution >= 0.6 is 0 Å². The summed E-state index contributed by atoms with van der Waals surface area (Å²) in [4.78, 5) is 24.0. The number of hydrogen-bond donors (Lipinski definition) is 3. The van der Waals surface area contributed by atoms with Gasteiger partial charge in [-0.2, -0.15) is 0 Å². The lowest BCUT2D eigenvalue weighted by molar-refractivity contribution is -0.141. The van der Waals surface area contributed by atoms with E-state index in [-0.39, 0.29) is 19.0 Å². The maximum Gasteiger partial charge on any atom is 0.326 e. The summed E-state index contributed by atoms with van der Waals surface area (Å²) >= 11 is 0. The van der Waals surface area contributed by atoms with Crippen molar-refractivity contribution in [2.24, 2.45) is 0 Å². The molecule has 0 aliphatic carbocycles. The number of carboxylic acid groups (broad SMARTS) is 1. The number of rotatable bonds is 2. The molecule has 0 aromatic carbocycles. The standard InChI is InChI=1S/C10H16N2O5/c13-7-3-8(9(14)15)12(4-7)10(16)11-6-1-2-17-5-6/h6-8,13H,1-5H2,(H,11,16)(H,14,15)/t6?,7?,8-/m0/s1. The Morgan fingerprint density at radius 1 is 1.41 bits per heavy atom. The van der Waals surface area contributed by atoms with Gasteiger partial charge in [-0.1, -0.05) is 0 Å². The van der Waals surface area contributed by atoms with Gasteiger partial charge in [0.05, 0.1) is 18.8 Å². The van der Waals surface area contributed by atoms with Crippen molar-refractivity contribution in [3.05, 3.63) is 0 Å². The summed E-state index contributed by atoms with van der Waals surface area (Å²) < 4.78 is 5.12. The highest BCUT2D eigenvalue weighted by atomic mass is 16.5. The van der Waals surface area contributed by atoms with Crippen LogP contribution in [0.2, 0.25) is 0 Å². The maximum atomic E-state index is 11.8. The Bertz CT molecular complexity index is 316. The van der Waals surface area contributed by atoms with E-state index in [2.05, 4.69) is 5.32 Å². The summed E-state index contributed by atoms with van der Waals surface area (Å²) in [6.07, 6.45) is 0.0609. The lowest BCUT2D eigenvalue weighted by Gasteiger charge is -2.23. The van der Waals surface area contributed by atoms with Crippen LogP contribution in [0.1, 0.15) is 12.8 Å². The van der Waals surface area contributed by atoms with Crippen LogP contribution in [0, 0.1) is 0 Å². The molecule has 2 saturated heterocycles. The average molecular weight is 244 g/mol. The first kappa shape index (κ1) is 12.1. The Balaban J connectivity index is 1.94. The van der Waals surface area contributed by atoms with Crippen LogP contribution in [-0.4, -0.2) is 65.1 Å². The summed E-state index contributed by atoms with van der Waals surface area (Å²) in [5.41, 5.74) is 0. The van der Waals surface area contributed by atoms with E-state index in [0.717, 1.165) is 6.42 Å². The summed E-state index contributed by atoms with van der Waals surface area (Å²) in [7, 11) is 0. The van der Waals surface area contributed by atoms with Gasteiger partial charge in [0.15, 0.2) is 0 Å². The fourth-order valence-corrected chi connectivity index (χ4v) is 2.18. The number of hydrogen-bond acceptors (Lipinski definition) is 4. The molecule has 2 unspecified atom stereocenters. The smallest absolute Gasteiger partial charge is 0.326 e. The van der Waals surface area contributed by atoms with E-state index in [1.807, 2.05) is 0 Å². The fourth-order valence-electron chi connectivity index (χ4n) is 2.18. The van der Waals surface area contributed by atoms with Gasteiger partial charge in [-0.15, -0.1) is 0 Å². The molecule has 0 saturated carbocycles. The molecule has 7 nitrogen and oxygen atoms in total. The Morgan fingerprint density at radius 3 is 2.76 bits per heavy atom. The first-order valence-corrected chi connectivity index (χ1v) is 5.63. The van der Waals surface area contributed by atoms with Gasteiger partial charge in [-0.25, -0.2) is 9.59 Å². The summed E-state index contributed by atoms with van der Waals surface area (Å²) in [5, 5.41) is 21.1. The fraction of sp³-hybridized carbons (Fsp3) is 0.800. The normalized spacial score (nSPS) is 32.8. The van der Waals surface area contributed by atoms with Gasteiger partial charge in [0.2, 0.25) is 0 Å². The number of carbonyl (C=O) groups excluding carboxylic acids is 1. The minimum absolute atomic E-state index is 0.0605. The Hall–Kier alpha value is -1.34. The third-order valence-electron chi connectivity index (χ3n) is 3.08. The second kappa shape index (κ2) is 4.89. The van der Waals surface area contributed by atoms with E-state index in [1.54, 1.807) is 0 Å². The zero-order chi connectivity index (χ0) is 12.4. The molecule has 0 bridgehead atoms. The third-order valence-corrected chi connectivity index (χ3v) is 3.08. The van der Waals surface area contributed by atoms with Crippen molar-refractivity contribution in [3.63, 3.8) is 0 Å². The second-order valence-electron chi connectivity index (χ2n) is 4.41. The first-order chi connectivity index (χ1) is 8.08. The molecule has 7 heteroatoms. The van der Waals surface area contributed by atoms with Gasteiger partial charge in [-0.3, -0.25) is 0 Å². The molecule has 96 valence electrons. The van der Waals surface area contributed by atoms with Crippen molar-refractivity contribution in [3.8, 4) is 0 Å². The van der Waals surface area contributed by atoms with Crippen molar-refractivity contribution in [2.45, 2.75) is 31.0 Å². The zero-order valence-electron chi connectivity index (χ0n) is 9.33. The number of aliphatic hydroxyl groups is 1. The predicted molar refractivity (Wildman–Crippen MR) is 56.5 cm³/mol. The molecule has 2 aliphatic rings. The average Bonchev–Trinajstić information content (AvgIpc) is 2.86. The summed E-state index contributed by atoms with van der Waals surface area (Å²) in [6.45, 7) is 1.13.